The second-order valence-electron chi connectivity index (χ2n) is 4.66. The Bertz CT molecular complexity index is 728. The highest BCUT2D eigenvalue weighted by molar-refractivity contribution is 7.86. The molecule has 0 spiro atoms. The Labute approximate surface area is 142 Å². The zero-order valence-corrected chi connectivity index (χ0v) is 13.6. The number of carbonyl (C=O) groups is 1. The van der Waals surface area contributed by atoms with Gasteiger partial charge in [-0.3, -0.25) is 4.79 Å². The summed E-state index contributed by atoms with van der Waals surface area (Å²) < 4.78 is 28.3. The minimum absolute atomic E-state index is 0.00842. The van der Waals surface area contributed by atoms with Gasteiger partial charge < -0.3 is 10.0 Å². The fourth-order valence-electron chi connectivity index (χ4n) is 1.73. The molecule has 0 bridgehead atoms. The summed E-state index contributed by atoms with van der Waals surface area (Å²) in [5.74, 6) is -0.945. The lowest BCUT2D eigenvalue weighted by atomic mass is 9.96. The zero-order chi connectivity index (χ0) is 16.8. The number of rotatable bonds is 6. The molecule has 0 saturated heterocycles. The Morgan fingerprint density at radius 3 is 2.52 bits per heavy atom. The first kappa shape index (κ1) is 17.5. The molecule has 2 N–H and O–H groups in total. The van der Waals surface area contributed by atoms with Gasteiger partial charge in [0.15, 0.2) is 0 Å². The van der Waals surface area contributed by atoms with Gasteiger partial charge in [-0.1, -0.05) is 23.7 Å². The quantitative estimate of drug-likeness (QED) is 0.614. The van der Waals surface area contributed by atoms with E-state index in [1.54, 1.807) is 24.3 Å². The van der Waals surface area contributed by atoms with Crippen molar-refractivity contribution < 1.29 is 13.4 Å². The number of amides is 1. The van der Waals surface area contributed by atoms with Crippen molar-refractivity contribution in [3.63, 3.8) is 0 Å². The molecule has 2 rings (SSSR count). The van der Waals surface area contributed by atoms with E-state index in [-0.39, 0.29) is 22.1 Å². The molecule has 0 aromatic heterocycles. The monoisotopic (exact) mass is 350 g/mol. The highest BCUT2D eigenvalue weighted by Gasteiger charge is 2.07. The van der Waals surface area contributed by atoms with Gasteiger partial charge in [0.1, 0.15) is 30.5 Å². The highest BCUT2D eigenvalue weighted by Crippen LogP contribution is 2.14. The Balaban J connectivity index is 1.98. The Morgan fingerprint density at radius 2 is 1.91 bits per heavy atom. The molecule has 23 heavy (non-hydrogen) atoms. The highest BCUT2D eigenvalue weighted by atomic mass is 35.5. The van der Waals surface area contributed by atoms with E-state index in [2.05, 4.69) is 10.0 Å². The van der Waals surface area contributed by atoms with Crippen LogP contribution in [0.5, 0.6) is 0 Å². The van der Waals surface area contributed by atoms with Crippen molar-refractivity contribution in [2.45, 2.75) is 11.4 Å². The zero-order valence-electron chi connectivity index (χ0n) is 12.0. The molecule has 118 valence electrons. The topological polar surface area (TPSA) is 58.2 Å². The van der Waals surface area contributed by atoms with E-state index in [0.29, 0.717) is 12.2 Å². The smallest absolute Gasteiger partial charge is 0.235 e. The van der Waals surface area contributed by atoms with Gasteiger partial charge >= 0.3 is 0 Å². The summed E-state index contributed by atoms with van der Waals surface area (Å²) in [5, 5.41) is 2.64. The first-order valence-electron chi connectivity index (χ1n) is 6.64. The lowest BCUT2D eigenvalue weighted by molar-refractivity contribution is -0.118. The van der Waals surface area contributed by atoms with Crippen molar-refractivity contribution in [3.05, 3.63) is 53.8 Å². The summed E-state index contributed by atoms with van der Waals surface area (Å²) in [4.78, 5) is 11.4. The lowest BCUT2D eigenvalue weighted by Crippen LogP contribution is -2.23. The Morgan fingerprint density at radius 1 is 1.22 bits per heavy atom. The summed E-state index contributed by atoms with van der Waals surface area (Å²) in [7, 11) is 3.78. The number of hydrogen-bond acceptors (Lipinski definition) is 2. The van der Waals surface area contributed by atoms with Gasteiger partial charge in [0, 0.05) is 12.2 Å². The fourth-order valence-corrected chi connectivity index (χ4v) is 2.69. The predicted molar refractivity (Wildman–Crippen MR) is 90.8 cm³/mol. The molecule has 2 radical (unpaired) electrons. The normalized spacial score (nSPS) is 11.7. The first-order valence-corrected chi connectivity index (χ1v) is 8.33. The molecule has 0 heterocycles. The third kappa shape index (κ3) is 5.08. The maximum absolute atomic E-state index is 13.4. The van der Waals surface area contributed by atoms with Gasteiger partial charge in [-0.15, -0.1) is 11.6 Å². The van der Waals surface area contributed by atoms with Crippen LogP contribution in [0, 0.1) is 5.82 Å². The number of carbonyl (C=O) groups excluding carboxylic acids is 1. The standard InChI is InChI=1S/C15H13BClFN2O2S/c16-13-6-5-12(7-14(13)18)23(22)20-11-3-1-10(2-4-11)9-19-15(21)8-17/h1-7,20H,8-9H2,(H,19,21). The summed E-state index contributed by atoms with van der Waals surface area (Å²) in [6.45, 7) is 0.359. The fraction of sp³-hybridized carbons (Fsp3) is 0.133. The Kier molecular flexibility index (Phi) is 6.18. The van der Waals surface area contributed by atoms with Crippen LogP contribution in [0.1, 0.15) is 5.56 Å². The second kappa shape index (κ2) is 8.13. The molecular weight excluding hydrogens is 338 g/mol. The first-order chi connectivity index (χ1) is 11.0. The second-order valence-corrected chi connectivity index (χ2v) is 6.14. The molecule has 0 saturated carbocycles. The maximum Gasteiger partial charge on any atom is 0.235 e. The minimum atomic E-state index is -1.60. The third-order valence-corrected chi connectivity index (χ3v) is 4.31. The van der Waals surface area contributed by atoms with Gasteiger partial charge in [0.05, 0.1) is 4.90 Å². The van der Waals surface area contributed by atoms with Gasteiger partial charge in [0.25, 0.3) is 0 Å². The van der Waals surface area contributed by atoms with E-state index in [0.717, 1.165) is 11.6 Å². The van der Waals surface area contributed by atoms with E-state index in [1.165, 1.54) is 12.1 Å². The molecule has 2 aromatic rings. The summed E-state index contributed by atoms with van der Waals surface area (Å²) in [6.07, 6.45) is 0. The lowest BCUT2D eigenvalue weighted by Gasteiger charge is -2.08. The van der Waals surface area contributed by atoms with Crippen LogP contribution < -0.4 is 15.5 Å². The van der Waals surface area contributed by atoms with E-state index in [9.17, 15) is 13.4 Å². The van der Waals surface area contributed by atoms with Crippen LogP contribution in [0.2, 0.25) is 0 Å². The number of alkyl halides is 1. The molecular formula is C15H13BClFN2O2S. The van der Waals surface area contributed by atoms with Crippen LogP contribution in [0.3, 0.4) is 0 Å². The molecule has 0 aliphatic rings. The number of anilines is 1. The van der Waals surface area contributed by atoms with Crippen molar-refractivity contribution in [1.29, 1.82) is 0 Å². The van der Waals surface area contributed by atoms with E-state index >= 15 is 0 Å². The van der Waals surface area contributed by atoms with Gasteiger partial charge in [-0.2, -0.15) is 0 Å². The van der Waals surface area contributed by atoms with Crippen LogP contribution in [0.25, 0.3) is 0 Å². The van der Waals surface area contributed by atoms with Crippen molar-refractivity contribution >= 4 is 47.5 Å². The number of halogens is 2. The SMILES string of the molecule is [B]c1ccc(S(=O)Nc2ccc(CNC(=O)CCl)cc2)cc1F. The molecule has 0 aliphatic carbocycles. The molecule has 1 atom stereocenters. The van der Waals surface area contributed by atoms with Gasteiger partial charge in [0.2, 0.25) is 5.91 Å². The average Bonchev–Trinajstić information content (AvgIpc) is 2.56. The van der Waals surface area contributed by atoms with Crippen molar-refractivity contribution in [3.8, 4) is 0 Å². The van der Waals surface area contributed by atoms with Crippen molar-refractivity contribution in [2.24, 2.45) is 0 Å². The third-order valence-electron chi connectivity index (χ3n) is 2.96. The molecule has 2 aromatic carbocycles. The summed E-state index contributed by atoms with van der Waals surface area (Å²) in [6, 6.07) is 11.0. The number of nitrogens with one attached hydrogen (secondary N) is 2. The summed E-state index contributed by atoms with van der Waals surface area (Å²) in [5.41, 5.74) is 1.49. The van der Waals surface area contributed by atoms with Crippen LogP contribution in [-0.4, -0.2) is 23.8 Å². The molecule has 8 heteroatoms. The van der Waals surface area contributed by atoms with Crippen LogP contribution >= 0.6 is 11.6 Å². The van der Waals surface area contributed by atoms with E-state index < -0.39 is 16.8 Å². The van der Waals surface area contributed by atoms with Crippen LogP contribution in [-0.2, 0) is 22.3 Å². The molecule has 0 fully saturated rings. The van der Waals surface area contributed by atoms with Crippen LogP contribution in [0.15, 0.2) is 47.4 Å². The molecule has 1 amide bonds. The largest absolute Gasteiger partial charge is 0.351 e. The van der Waals surface area contributed by atoms with E-state index in [1.807, 2.05) is 0 Å². The number of hydrogen-bond donors (Lipinski definition) is 2. The maximum atomic E-state index is 13.4. The van der Waals surface area contributed by atoms with Crippen LogP contribution in [0.4, 0.5) is 10.1 Å². The molecule has 1 unspecified atom stereocenters. The summed E-state index contributed by atoms with van der Waals surface area (Å²) >= 11 is 5.39. The van der Waals surface area contributed by atoms with Gasteiger partial charge in [-0.25, -0.2) is 8.60 Å². The van der Waals surface area contributed by atoms with Gasteiger partial charge in [-0.05, 0) is 29.8 Å². The van der Waals surface area contributed by atoms with Crippen molar-refractivity contribution in [1.82, 2.24) is 5.32 Å². The molecule has 0 aliphatic heterocycles. The Hall–Kier alpha value is -1.86. The number of benzene rings is 2. The average molecular weight is 351 g/mol. The minimum Gasteiger partial charge on any atom is -0.351 e. The van der Waals surface area contributed by atoms with E-state index in [4.69, 9.17) is 19.4 Å². The molecule has 4 nitrogen and oxygen atoms in total. The predicted octanol–water partition coefficient (Wildman–Crippen LogP) is 1.61. The van der Waals surface area contributed by atoms with Crippen molar-refractivity contribution in [2.75, 3.05) is 10.6 Å².